The van der Waals surface area contributed by atoms with Gasteiger partial charge in [0, 0.05) is 0 Å². The quantitative estimate of drug-likeness (QED) is 0.0295. The molecule has 0 aliphatic rings. The largest absolute Gasteiger partial charge is 0.508 e. The Morgan fingerprint density at radius 2 is 0.528 bits per heavy atom. The van der Waals surface area contributed by atoms with Crippen molar-refractivity contribution in [2.45, 2.75) is 276 Å². The van der Waals surface area contributed by atoms with Gasteiger partial charge in [0.2, 0.25) is 0 Å². The Hall–Kier alpha value is -2.43. The molecule has 0 bridgehead atoms. The van der Waals surface area contributed by atoms with Gasteiger partial charge in [-0.05, 0) is 57.8 Å². The van der Waals surface area contributed by atoms with E-state index >= 15 is 0 Å². The summed E-state index contributed by atoms with van der Waals surface area (Å²) < 4.78 is 48.4. The van der Waals surface area contributed by atoms with Crippen LogP contribution in [-0.2, 0) is 42.6 Å². The highest BCUT2D eigenvalue weighted by molar-refractivity contribution is 5.60. The second kappa shape index (κ2) is 56.3. The molecule has 0 spiro atoms. The monoisotopic (exact) mass is 1030 g/mol. The van der Waals surface area contributed by atoms with Crippen LogP contribution in [0.5, 0.6) is 0 Å². The molecule has 0 fully saturated rings. The Morgan fingerprint density at radius 1 is 0.292 bits per heavy atom. The third-order valence-electron chi connectivity index (χ3n) is 12.8. The lowest BCUT2D eigenvalue weighted by Gasteiger charge is -2.18. The standard InChI is InChI=1S/C57H110O15/c1-4-7-10-25-34-51(58)37-28-19-13-16-22-31-40-67-55(61)70-45-43-64-49-54(66-47-48-72-57(63)69-42-33-24-18-15-21-30-39-53(60)36-27-12-9-6-3)50-65-44-46-71-56(62)68-41-32-23-17-14-20-29-38-52(59)35-26-11-8-5-2/h51-54,58-60H,4-50H2,1-3H3. The van der Waals surface area contributed by atoms with Crippen molar-refractivity contribution in [1.82, 2.24) is 0 Å². The average Bonchev–Trinajstić information content (AvgIpc) is 3.37. The number of ether oxygens (including phenoxy) is 9. The molecule has 0 radical (unpaired) electrons. The van der Waals surface area contributed by atoms with E-state index in [1.165, 1.54) is 57.8 Å². The lowest BCUT2D eigenvalue weighted by atomic mass is 10.0. The third-order valence-corrected chi connectivity index (χ3v) is 12.8. The maximum atomic E-state index is 12.2. The van der Waals surface area contributed by atoms with Gasteiger partial charge in [-0.3, -0.25) is 0 Å². The van der Waals surface area contributed by atoms with Gasteiger partial charge < -0.3 is 58.0 Å². The van der Waals surface area contributed by atoms with Crippen LogP contribution in [0.25, 0.3) is 0 Å². The minimum Gasteiger partial charge on any atom is -0.434 e. The maximum Gasteiger partial charge on any atom is 0.508 e. The zero-order chi connectivity index (χ0) is 52.6. The van der Waals surface area contributed by atoms with Gasteiger partial charge >= 0.3 is 18.5 Å². The van der Waals surface area contributed by atoms with Crippen molar-refractivity contribution in [2.75, 3.05) is 72.7 Å². The van der Waals surface area contributed by atoms with E-state index < -0.39 is 24.6 Å². The van der Waals surface area contributed by atoms with Crippen molar-refractivity contribution >= 4 is 18.5 Å². The lowest BCUT2D eigenvalue weighted by Crippen LogP contribution is -2.29. The molecule has 0 aromatic carbocycles. The Bertz CT molecular complexity index is 1090. The number of aliphatic hydroxyl groups is 3. The van der Waals surface area contributed by atoms with E-state index in [1.807, 2.05) is 0 Å². The van der Waals surface area contributed by atoms with Crippen molar-refractivity contribution in [2.24, 2.45) is 0 Å². The maximum absolute atomic E-state index is 12.2. The second-order valence-corrected chi connectivity index (χ2v) is 19.7. The molecule has 0 aromatic heterocycles. The van der Waals surface area contributed by atoms with Crippen LogP contribution in [0.1, 0.15) is 252 Å². The zero-order valence-electron chi connectivity index (χ0n) is 46.3. The van der Waals surface area contributed by atoms with Crippen LogP contribution in [0, 0.1) is 0 Å². The van der Waals surface area contributed by atoms with E-state index in [9.17, 15) is 29.7 Å². The molecule has 0 aromatic rings. The zero-order valence-corrected chi connectivity index (χ0v) is 46.3. The summed E-state index contributed by atoms with van der Waals surface area (Å²) in [7, 11) is 0. The highest BCUT2D eigenvalue weighted by Gasteiger charge is 2.14. The molecule has 0 saturated carbocycles. The summed E-state index contributed by atoms with van der Waals surface area (Å²) in [5, 5.41) is 30.4. The highest BCUT2D eigenvalue weighted by Crippen LogP contribution is 2.16. The molecule has 0 saturated heterocycles. The normalized spacial score (nSPS) is 13.1. The van der Waals surface area contributed by atoms with Crippen LogP contribution in [0.15, 0.2) is 0 Å². The Balaban J connectivity index is 4.33. The number of carbonyl (C=O) groups excluding carboxylic acids is 3. The molecule has 72 heavy (non-hydrogen) atoms. The second-order valence-electron chi connectivity index (χ2n) is 19.7. The van der Waals surface area contributed by atoms with E-state index in [1.54, 1.807) is 0 Å². The SMILES string of the molecule is CCCCCCC(O)CCCCCCCCOC(=O)OCCOCC(COCCOC(=O)OCCCCCCCCC(O)CCCCCC)OCCOC(=O)OCCCCCCCCC(O)CCCCCC. The van der Waals surface area contributed by atoms with Gasteiger partial charge in [0.25, 0.3) is 0 Å². The molecule has 3 atom stereocenters. The highest BCUT2D eigenvalue weighted by atomic mass is 16.7. The van der Waals surface area contributed by atoms with Crippen LogP contribution in [0.3, 0.4) is 0 Å². The molecule has 0 aliphatic carbocycles. The third kappa shape index (κ3) is 53.8. The van der Waals surface area contributed by atoms with E-state index in [-0.39, 0.29) is 77.8 Å². The van der Waals surface area contributed by atoms with Crippen LogP contribution < -0.4 is 0 Å². The summed E-state index contributed by atoms with van der Waals surface area (Å²) in [4.78, 5) is 36.3. The molecule has 3 unspecified atom stereocenters. The number of hydrogen-bond acceptors (Lipinski definition) is 15. The van der Waals surface area contributed by atoms with Gasteiger partial charge in [-0.15, -0.1) is 0 Å². The molecule has 0 rings (SSSR count). The van der Waals surface area contributed by atoms with E-state index in [0.29, 0.717) is 13.2 Å². The fourth-order valence-electron chi connectivity index (χ4n) is 8.29. The lowest BCUT2D eigenvalue weighted by molar-refractivity contribution is -0.0796. The molecule has 0 aliphatic heterocycles. The van der Waals surface area contributed by atoms with Gasteiger partial charge in [0.05, 0.1) is 71.2 Å². The first-order chi connectivity index (χ1) is 35.2. The van der Waals surface area contributed by atoms with Crippen LogP contribution in [-0.4, -0.2) is 131 Å². The van der Waals surface area contributed by atoms with E-state index in [0.717, 1.165) is 173 Å². The fourth-order valence-corrected chi connectivity index (χ4v) is 8.29. The molecule has 3 N–H and O–H groups in total. The van der Waals surface area contributed by atoms with Crippen molar-refractivity contribution < 1.29 is 72.3 Å². The molecular weight excluding hydrogens is 925 g/mol. The first-order valence-corrected chi connectivity index (χ1v) is 29.4. The summed E-state index contributed by atoms with van der Waals surface area (Å²) in [5.74, 6) is 0. The topological polar surface area (TPSA) is 195 Å². The number of aliphatic hydroxyl groups excluding tert-OH is 3. The molecule has 0 heterocycles. The molecule has 428 valence electrons. The molecular formula is C57H110O15. The summed E-state index contributed by atoms with van der Waals surface area (Å²) in [6.45, 7) is 7.88. The Kier molecular flexibility index (Phi) is 54.4. The number of carbonyl (C=O) groups is 3. The number of hydrogen-bond donors (Lipinski definition) is 3. The summed E-state index contributed by atoms with van der Waals surface area (Å²) >= 11 is 0. The van der Waals surface area contributed by atoms with Crippen molar-refractivity contribution in [1.29, 1.82) is 0 Å². The minimum absolute atomic E-state index is 0.00449. The predicted molar refractivity (Wildman–Crippen MR) is 285 cm³/mol. The van der Waals surface area contributed by atoms with Crippen LogP contribution in [0.2, 0.25) is 0 Å². The fraction of sp³-hybridized carbons (Fsp3) is 0.947. The molecule has 0 amide bonds. The van der Waals surface area contributed by atoms with E-state index in [4.69, 9.17) is 42.6 Å². The van der Waals surface area contributed by atoms with Gasteiger partial charge in [-0.1, -0.05) is 194 Å². The molecule has 15 nitrogen and oxygen atoms in total. The first kappa shape index (κ1) is 69.6. The van der Waals surface area contributed by atoms with Crippen LogP contribution in [0.4, 0.5) is 14.4 Å². The van der Waals surface area contributed by atoms with Crippen molar-refractivity contribution in [3.63, 3.8) is 0 Å². The first-order valence-electron chi connectivity index (χ1n) is 29.4. The predicted octanol–water partition coefficient (Wildman–Crippen LogP) is 14.1. The Labute approximate surface area is 438 Å². The van der Waals surface area contributed by atoms with Gasteiger partial charge in [0.15, 0.2) is 0 Å². The average molecular weight is 1040 g/mol. The van der Waals surface area contributed by atoms with Gasteiger partial charge in [-0.2, -0.15) is 0 Å². The van der Waals surface area contributed by atoms with E-state index in [2.05, 4.69) is 20.8 Å². The Morgan fingerprint density at radius 3 is 0.819 bits per heavy atom. The number of unbranched alkanes of at least 4 members (excludes halogenated alkanes) is 24. The van der Waals surface area contributed by atoms with Crippen molar-refractivity contribution in [3.05, 3.63) is 0 Å². The van der Waals surface area contributed by atoms with Crippen molar-refractivity contribution in [3.8, 4) is 0 Å². The summed E-state index contributed by atoms with van der Waals surface area (Å²) in [5.41, 5.74) is 0. The smallest absolute Gasteiger partial charge is 0.434 e. The summed E-state index contributed by atoms with van der Waals surface area (Å²) in [6, 6.07) is 0. The van der Waals surface area contributed by atoms with Gasteiger partial charge in [-0.25, -0.2) is 14.4 Å². The number of rotatable bonds is 56. The van der Waals surface area contributed by atoms with Gasteiger partial charge in [0.1, 0.15) is 25.9 Å². The van der Waals surface area contributed by atoms with Crippen LogP contribution >= 0.6 is 0 Å². The minimum atomic E-state index is -0.755. The molecule has 15 heteroatoms. The summed E-state index contributed by atoms with van der Waals surface area (Å²) in [6.07, 6.45) is 34.3.